The first-order valence-corrected chi connectivity index (χ1v) is 11.5. The predicted molar refractivity (Wildman–Crippen MR) is 122 cm³/mol. The Morgan fingerprint density at radius 2 is 1.58 bits per heavy atom. The van der Waals surface area contributed by atoms with Crippen molar-refractivity contribution >= 4 is 27.6 Å². The second-order valence-corrected chi connectivity index (χ2v) is 9.30. The molecule has 3 rings (SSSR count). The Morgan fingerprint density at radius 1 is 0.939 bits per heavy atom. The van der Waals surface area contributed by atoms with E-state index in [1.165, 1.54) is 7.05 Å². The van der Waals surface area contributed by atoms with Gasteiger partial charge in [-0.3, -0.25) is 4.79 Å². The van der Waals surface area contributed by atoms with Crippen molar-refractivity contribution in [2.45, 2.75) is 24.8 Å². The first-order chi connectivity index (χ1) is 15.6. The van der Waals surface area contributed by atoms with Crippen molar-refractivity contribution in [2.24, 2.45) is 0 Å². The molecule has 33 heavy (non-hydrogen) atoms. The van der Waals surface area contributed by atoms with Crippen molar-refractivity contribution in [2.75, 3.05) is 12.4 Å². The van der Waals surface area contributed by atoms with E-state index in [0.29, 0.717) is 11.3 Å². The van der Waals surface area contributed by atoms with Gasteiger partial charge in [0.05, 0.1) is 10.5 Å². The SMILES string of the molecule is CNS(=O)(=O)c1ccc(F)c(C(=O)OC(C(=O)Nc2cc(C)cc(C)c2)c2ccccc2)c1. The van der Waals surface area contributed by atoms with Gasteiger partial charge in [0, 0.05) is 11.3 Å². The highest BCUT2D eigenvalue weighted by Crippen LogP contribution is 2.24. The zero-order valence-electron chi connectivity index (χ0n) is 18.3. The number of benzene rings is 3. The Balaban J connectivity index is 1.94. The number of sulfonamides is 1. The number of amides is 1. The number of aryl methyl sites for hydroxylation is 2. The summed E-state index contributed by atoms with van der Waals surface area (Å²) in [6.07, 6.45) is -1.40. The van der Waals surface area contributed by atoms with E-state index < -0.39 is 39.4 Å². The molecular weight excluding hydrogens is 447 g/mol. The molecular formula is C24H23FN2O5S. The maximum atomic E-state index is 14.4. The number of halogens is 1. The van der Waals surface area contributed by atoms with Crippen molar-refractivity contribution in [1.82, 2.24) is 4.72 Å². The van der Waals surface area contributed by atoms with E-state index in [1.54, 1.807) is 42.5 Å². The number of carbonyl (C=O) groups excluding carboxylic acids is 2. The molecule has 1 unspecified atom stereocenters. The molecule has 3 aromatic rings. The van der Waals surface area contributed by atoms with E-state index in [-0.39, 0.29) is 4.90 Å². The van der Waals surface area contributed by atoms with Crippen molar-refractivity contribution < 1.29 is 27.1 Å². The summed E-state index contributed by atoms with van der Waals surface area (Å²) in [6, 6.07) is 16.5. The Morgan fingerprint density at radius 3 is 2.18 bits per heavy atom. The van der Waals surface area contributed by atoms with Gasteiger partial charge in [-0.15, -0.1) is 0 Å². The van der Waals surface area contributed by atoms with Crippen LogP contribution in [-0.4, -0.2) is 27.3 Å². The van der Waals surface area contributed by atoms with Gasteiger partial charge in [0.25, 0.3) is 5.91 Å². The highest BCUT2D eigenvalue weighted by Gasteiger charge is 2.28. The maximum absolute atomic E-state index is 14.4. The first kappa shape index (κ1) is 24.1. The normalized spacial score (nSPS) is 12.1. The van der Waals surface area contributed by atoms with Crippen molar-refractivity contribution in [1.29, 1.82) is 0 Å². The third-order valence-electron chi connectivity index (χ3n) is 4.79. The van der Waals surface area contributed by atoms with Crippen LogP contribution in [-0.2, 0) is 19.6 Å². The quantitative estimate of drug-likeness (QED) is 0.510. The van der Waals surface area contributed by atoms with E-state index in [0.717, 1.165) is 29.3 Å². The number of ether oxygens (including phenoxy) is 1. The molecule has 0 aliphatic rings. The molecule has 0 radical (unpaired) electrons. The molecule has 0 fully saturated rings. The third-order valence-corrected chi connectivity index (χ3v) is 6.20. The Kier molecular flexibility index (Phi) is 7.25. The second-order valence-electron chi connectivity index (χ2n) is 7.41. The summed E-state index contributed by atoms with van der Waals surface area (Å²) >= 11 is 0. The van der Waals surface area contributed by atoms with Crippen LogP contribution >= 0.6 is 0 Å². The summed E-state index contributed by atoms with van der Waals surface area (Å²) in [7, 11) is -2.73. The maximum Gasteiger partial charge on any atom is 0.342 e. The van der Waals surface area contributed by atoms with E-state index >= 15 is 0 Å². The van der Waals surface area contributed by atoms with Gasteiger partial charge in [-0.05, 0) is 62.4 Å². The van der Waals surface area contributed by atoms with Crippen LogP contribution in [0.25, 0.3) is 0 Å². The lowest BCUT2D eigenvalue weighted by atomic mass is 10.1. The number of esters is 1. The van der Waals surface area contributed by atoms with Crippen LogP contribution in [0.1, 0.15) is 33.2 Å². The molecule has 3 aromatic carbocycles. The van der Waals surface area contributed by atoms with Crippen LogP contribution < -0.4 is 10.0 Å². The minimum absolute atomic E-state index is 0.311. The summed E-state index contributed by atoms with van der Waals surface area (Å²) in [5.41, 5.74) is 2.15. The average molecular weight is 471 g/mol. The number of rotatable bonds is 7. The van der Waals surface area contributed by atoms with Crippen LogP contribution in [0.5, 0.6) is 0 Å². The number of nitrogens with one attached hydrogen (secondary N) is 2. The molecule has 2 N–H and O–H groups in total. The van der Waals surface area contributed by atoms with Crippen LogP contribution in [0.2, 0.25) is 0 Å². The van der Waals surface area contributed by atoms with Crippen LogP contribution in [0.3, 0.4) is 0 Å². The van der Waals surface area contributed by atoms with Crippen LogP contribution in [0.15, 0.2) is 71.6 Å². The minimum atomic E-state index is -3.92. The molecule has 1 atom stereocenters. The van der Waals surface area contributed by atoms with E-state index in [1.807, 2.05) is 19.9 Å². The lowest BCUT2D eigenvalue weighted by Gasteiger charge is -2.19. The topological polar surface area (TPSA) is 102 Å². The van der Waals surface area contributed by atoms with E-state index in [9.17, 15) is 22.4 Å². The lowest BCUT2D eigenvalue weighted by Crippen LogP contribution is -2.26. The molecule has 9 heteroatoms. The summed E-state index contributed by atoms with van der Waals surface area (Å²) < 4.78 is 46.0. The minimum Gasteiger partial charge on any atom is -0.444 e. The molecule has 0 spiro atoms. The summed E-state index contributed by atoms with van der Waals surface area (Å²) in [4.78, 5) is 25.6. The fraction of sp³-hybridized carbons (Fsp3) is 0.167. The summed E-state index contributed by atoms with van der Waals surface area (Å²) in [6.45, 7) is 3.76. The molecule has 7 nitrogen and oxygen atoms in total. The Hall–Kier alpha value is -3.56. The fourth-order valence-corrected chi connectivity index (χ4v) is 4.03. The van der Waals surface area contributed by atoms with Gasteiger partial charge >= 0.3 is 5.97 Å². The number of carbonyl (C=O) groups is 2. The number of hydrogen-bond donors (Lipinski definition) is 2. The summed E-state index contributed by atoms with van der Waals surface area (Å²) in [5.74, 6) is -2.79. The zero-order chi connectivity index (χ0) is 24.2. The standard InChI is InChI=1S/C24H23FN2O5S/c1-15-11-16(2)13-18(12-15)27-23(28)22(17-7-5-4-6-8-17)32-24(29)20-14-19(9-10-21(20)25)33(30,31)26-3/h4-14,22,26H,1-3H3,(H,27,28). The highest BCUT2D eigenvalue weighted by atomic mass is 32.2. The number of anilines is 1. The largest absolute Gasteiger partial charge is 0.444 e. The highest BCUT2D eigenvalue weighted by molar-refractivity contribution is 7.89. The predicted octanol–water partition coefficient (Wildman–Crippen LogP) is 3.89. The first-order valence-electron chi connectivity index (χ1n) is 9.99. The molecule has 0 aliphatic heterocycles. The van der Waals surface area contributed by atoms with Gasteiger partial charge < -0.3 is 10.1 Å². The fourth-order valence-electron chi connectivity index (χ4n) is 3.27. The van der Waals surface area contributed by atoms with E-state index in [4.69, 9.17) is 4.74 Å². The Labute approximate surface area is 191 Å². The van der Waals surface area contributed by atoms with Gasteiger partial charge in [-0.25, -0.2) is 22.3 Å². The van der Waals surface area contributed by atoms with Crippen molar-refractivity contribution in [3.8, 4) is 0 Å². The van der Waals surface area contributed by atoms with Crippen LogP contribution in [0.4, 0.5) is 10.1 Å². The molecule has 0 aromatic heterocycles. The average Bonchev–Trinajstić information content (AvgIpc) is 2.77. The van der Waals surface area contributed by atoms with Gasteiger partial charge in [0.2, 0.25) is 16.1 Å². The van der Waals surface area contributed by atoms with Crippen molar-refractivity contribution in [3.05, 3.63) is 94.8 Å². The number of hydrogen-bond acceptors (Lipinski definition) is 5. The van der Waals surface area contributed by atoms with Crippen molar-refractivity contribution in [3.63, 3.8) is 0 Å². The van der Waals surface area contributed by atoms with Crippen LogP contribution in [0, 0.1) is 19.7 Å². The third kappa shape index (κ3) is 5.82. The zero-order valence-corrected chi connectivity index (χ0v) is 19.1. The molecule has 0 saturated carbocycles. The summed E-state index contributed by atoms with van der Waals surface area (Å²) in [5, 5.41) is 2.72. The monoisotopic (exact) mass is 470 g/mol. The molecule has 0 saturated heterocycles. The van der Waals surface area contributed by atoms with Gasteiger partial charge in [0.15, 0.2) is 0 Å². The van der Waals surface area contributed by atoms with Gasteiger partial charge in [0.1, 0.15) is 5.82 Å². The lowest BCUT2D eigenvalue weighted by molar-refractivity contribution is -0.125. The smallest absolute Gasteiger partial charge is 0.342 e. The Bertz CT molecular complexity index is 1270. The molecule has 0 heterocycles. The molecule has 172 valence electrons. The van der Waals surface area contributed by atoms with Gasteiger partial charge in [-0.2, -0.15) is 0 Å². The van der Waals surface area contributed by atoms with E-state index in [2.05, 4.69) is 10.0 Å². The molecule has 1 amide bonds. The molecule has 0 bridgehead atoms. The second kappa shape index (κ2) is 9.93. The van der Waals surface area contributed by atoms with Gasteiger partial charge in [-0.1, -0.05) is 36.4 Å². The molecule has 0 aliphatic carbocycles.